The summed E-state index contributed by atoms with van der Waals surface area (Å²) in [6, 6.07) is 65.2. The summed E-state index contributed by atoms with van der Waals surface area (Å²) in [5.41, 5.74) is 9.32. The van der Waals surface area contributed by atoms with E-state index in [1.165, 1.54) is 25.6 Å². The van der Waals surface area contributed by atoms with Crippen molar-refractivity contribution in [3.63, 3.8) is 0 Å². The molecule has 59 heavy (non-hydrogen) atoms. The highest BCUT2D eigenvalue weighted by molar-refractivity contribution is 7.27. The second-order valence-corrected chi connectivity index (χ2v) is 15.7. The van der Waals surface area contributed by atoms with Crippen LogP contribution in [-0.2, 0) is 0 Å². The van der Waals surface area contributed by atoms with Crippen LogP contribution in [0, 0.1) is 11.3 Å². The van der Waals surface area contributed by atoms with Crippen molar-refractivity contribution in [1.82, 2.24) is 24.1 Å². The molecule has 0 aliphatic carbocycles. The Kier molecular flexibility index (Phi) is 7.36. The van der Waals surface area contributed by atoms with Crippen molar-refractivity contribution in [3.05, 3.63) is 188 Å². The second kappa shape index (κ2) is 13.1. The van der Waals surface area contributed by atoms with Crippen molar-refractivity contribution in [2.24, 2.45) is 0 Å². The minimum atomic E-state index is 0.503. The Morgan fingerprint density at radius 2 is 0.966 bits per heavy atom. The fourth-order valence-corrected chi connectivity index (χ4v) is 10.1. The van der Waals surface area contributed by atoms with Gasteiger partial charge in [-0.1, -0.05) is 133 Å². The minimum absolute atomic E-state index is 0.503. The Morgan fingerprint density at radius 3 is 1.61 bits per heavy atom. The largest absolute Gasteiger partial charge is 0.308 e. The molecule has 4 aromatic heterocycles. The predicted molar refractivity (Wildman–Crippen MR) is 242 cm³/mol. The van der Waals surface area contributed by atoms with E-state index in [2.05, 4.69) is 124 Å². The van der Waals surface area contributed by atoms with E-state index >= 15 is 0 Å². The SMILES string of the molecule is N#Cc1cc(-c2nc(-c3ccccc3)nc(-c3ccccc3)n2)ccc1-n1c2ccccc2c2c3c4ccccc4sc3c3c(c4ccccc4n3-c3ccccc3)c21. The van der Waals surface area contributed by atoms with Crippen LogP contribution in [0.5, 0.6) is 0 Å². The number of fused-ring (bicyclic) bond motifs is 12. The third kappa shape index (κ3) is 5.01. The average molecular weight is 771 g/mol. The molecule has 0 N–H and O–H groups in total. The molecule has 0 spiro atoms. The first-order chi connectivity index (χ1) is 29.2. The minimum Gasteiger partial charge on any atom is -0.308 e. The molecule has 0 aliphatic heterocycles. The standard InChI is InChI=1S/C52H30N6S/c53-31-35-30-34(52-55-50(32-16-4-1-5-17-32)54-51(56-52)33-18-6-2-7-19-33)28-29-40(35)58-42-26-14-10-22-37(42)44-45-39-24-12-15-27-43(39)59-49(45)48-46(47(44)58)38-23-11-13-25-41(38)57(48)36-20-8-3-9-21-36/h1-30H. The number of rotatable bonds is 5. The average Bonchev–Trinajstić information content (AvgIpc) is 3.98. The zero-order valence-electron chi connectivity index (χ0n) is 31.4. The molecule has 0 aliphatic rings. The van der Waals surface area contributed by atoms with Gasteiger partial charge >= 0.3 is 0 Å². The van der Waals surface area contributed by atoms with E-state index in [4.69, 9.17) is 15.0 Å². The van der Waals surface area contributed by atoms with E-state index in [1.807, 2.05) is 84.1 Å². The molecule has 0 unspecified atom stereocenters. The summed E-state index contributed by atoms with van der Waals surface area (Å²) >= 11 is 1.85. The molecular weight excluding hydrogens is 741 g/mol. The quantitative estimate of drug-likeness (QED) is 0.175. The number of hydrogen-bond acceptors (Lipinski definition) is 5. The zero-order chi connectivity index (χ0) is 39.0. The van der Waals surface area contributed by atoms with Crippen LogP contribution in [0.2, 0.25) is 0 Å². The fourth-order valence-electron chi connectivity index (χ4n) is 8.88. The first-order valence-electron chi connectivity index (χ1n) is 19.5. The van der Waals surface area contributed by atoms with Crippen LogP contribution in [0.25, 0.3) is 109 Å². The number of hydrogen-bond donors (Lipinski definition) is 0. The van der Waals surface area contributed by atoms with Crippen LogP contribution in [-0.4, -0.2) is 24.1 Å². The van der Waals surface area contributed by atoms with Crippen LogP contribution in [0.4, 0.5) is 0 Å². The van der Waals surface area contributed by atoms with Crippen molar-refractivity contribution >= 4 is 75.1 Å². The summed E-state index contributed by atoms with van der Waals surface area (Å²) < 4.78 is 7.22. The molecule has 0 saturated carbocycles. The molecule has 274 valence electrons. The molecular formula is C52H30N6S. The van der Waals surface area contributed by atoms with Crippen LogP contribution in [0.1, 0.15) is 5.56 Å². The number of aromatic nitrogens is 5. The van der Waals surface area contributed by atoms with Gasteiger partial charge in [-0.15, -0.1) is 11.3 Å². The van der Waals surface area contributed by atoms with E-state index in [1.54, 1.807) is 0 Å². The molecule has 6 nitrogen and oxygen atoms in total. The van der Waals surface area contributed by atoms with E-state index < -0.39 is 0 Å². The van der Waals surface area contributed by atoms with Crippen molar-refractivity contribution in [3.8, 4) is 51.6 Å². The smallest absolute Gasteiger partial charge is 0.164 e. The first-order valence-corrected chi connectivity index (χ1v) is 20.3. The van der Waals surface area contributed by atoms with Crippen LogP contribution < -0.4 is 0 Å². The summed E-state index contributed by atoms with van der Waals surface area (Å²) in [4.78, 5) is 14.9. The number of thiophene rings is 1. The van der Waals surface area contributed by atoms with Crippen LogP contribution >= 0.6 is 11.3 Å². The molecule has 0 radical (unpaired) electrons. The van der Waals surface area contributed by atoms with Crippen molar-refractivity contribution in [2.45, 2.75) is 0 Å². The lowest BCUT2D eigenvalue weighted by atomic mass is 10.0. The van der Waals surface area contributed by atoms with Gasteiger partial charge in [-0.3, -0.25) is 0 Å². The lowest BCUT2D eigenvalue weighted by Crippen LogP contribution is -2.02. The Hall–Kier alpha value is -7.92. The molecule has 7 heteroatoms. The fraction of sp³-hybridized carbons (Fsp3) is 0. The van der Waals surface area contributed by atoms with E-state index in [0.29, 0.717) is 23.0 Å². The Balaban J connectivity index is 1.20. The maximum Gasteiger partial charge on any atom is 0.164 e. The second-order valence-electron chi connectivity index (χ2n) is 14.7. The molecule has 0 fully saturated rings. The maximum absolute atomic E-state index is 11.1. The highest BCUT2D eigenvalue weighted by Crippen LogP contribution is 2.51. The summed E-state index contributed by atoms with van der Waals surface area (Å²) in [5.74, 6) is 1.65. The Morgan fingerprint density at radius 1 is 0.441 bits per heavy atom. The van der Waals surface area contributed by atoms with Gasteiger partial charge in [0.1, 0.15) is 6.07 Å². The van der Waals surface area contributed by atoms with Gasteiger partial charge in [-0.2, -0.15) is 5.26 Å². The number of nitriles is 1. The lowest BCUT2D eigenvalue weighted by Gasteiger charge is -2.14. The summed E-state index contributed by atoms with van der Waals surface area (Å²) in [6.45, 7) is 0. The topological polar surface area (TPSA) is 72.3 Å². The van der Waals surface area contributed by atoms with Crippen LogP contribution in [0.15, 0.2) is 182 Å². The highest BCUT2D eigenvalue weighted by atomic mass is 32.1. The van der Waals surface area contributed by atoms with Gasteiger partial charge in [0.05, 0.1) is 38.0 Å². The van der Waals surface area contributed by atoms with Crippen molar-refractivity contribution in [2.75, 3.05) is 0 Å². The molecule has 0 amide bonds. The first kappa shape index (κ1) is 33.2. The van der Waals surface area contributed by atoms with Gasteiger partial charge in [0.15, 0.2) is 17.5 Å². The highest BCUT2D eigenvalue weighted by Gasteiger charge is 2.27. The maximum atomic E-state index is 11.1. The van der Waals surface area contributed by atoms with Gasteiger partial charge < -0.3 is 9.13 Å². The summed E-state index contributed by atoms with van der Waals surface area (Å²) in [7, 11) is 0. The third-order valence-electron chi connectivity index (χ3n) is 11.4. The molecule has 12 rings (SSSR count). The molecule has 12 aromatic rings. The number of benzene rings is 8. The zero-order valence-corrected chi connectivity index (χ0v) is 32.2. The Labute approximate surface area is 342 Å². The Bertz CT molecular complexity index is 3610. The third-order valence-corrected chi connectivity index (χ3v) is 12.6. The van der Waals surface area contributed by atoms with E-state index in [9.17, 15) is 5.26 Å². The molecule has 4 heterocycles. The van der Waals surface area contributed by atoms with Gasteiger partial charge in [0.25, 0.3) is 0 Å². The van der Waals surface area contributed by atoms with Gasteiger partial charge in [0, 0.05) is 59.4 Å². The monoisotopic (exact) mass is 770 g/mol. The van der Waals surface area contributed by atoms with Gasteiger partial charge in [-0.05, 0) is 48.5 Å². The molecule has 8 aromatic carbocycles. The normalized spacial score (nSPS) is 11.7. The molecule has 0 saturated heterocycles. The van der Waals surface area contributed by atoms with Crippen molar-refractivity contribution < 1.29 is 0 Å². The van der Waals surface area contributed by atoms with E-state index in [-0.39, 0.29) is 0 Å². The van der Waals surface area contributed by atoms with E-state index in [0.717, 1.165) is 66.3 Å². The van der Waals surface area contributed by atoms with Crippen molar-refractivity contribution in [1.29, 1.82) is 5.26 Å². The van der Waals surface area contributed by atoms with Crippen LogP contribution in [0.3, 0.4) is 0 Å². The molecule has 0 atom stereocenters. The number of para-hydroxylation sites is 3. The van der Waals surface area contributed by atoms with Gasteiger partial charge in [-0.25, -0.2) is 15.0 Å². The predicted octanol–water partition coefficient (Wildman–Crippen LogP) is 13.3. The van der Waals surface area contributed by atoms with Gasteiger partial charge in [0.2, 0.25) is 0 Å². The summed E-state index contributed by atoms with van der Waals surface area (Å²) in [6.07, 6.45) is 0. The summed E-state index contributed by atoms with van der Waals surface area (Å²) in [5, 5.41) is 18.2. The number of nitrogens with zero attached hydrogens (tertiary/aromatic N) is 6. The lowest BCUT2D eigenvalue weighted by molar-refractivity contribution is 1.07. The molecule has 0 bridgehead atoms.